The van der Waals surface area contributed by atoms with Crippen molar-refractivity contribution in [1.82, 2.24) is 9.97 Å². The van der Waals surface area contributed by atoms with E-state index in [2.05, 4.69) is 9.97 Å². The zero-order valence-corrected chi connectivity index (χ0v) is 18.2. The lowest BCUT2D eigenvalue weighted by atomic mass is 10.2. The number of halogens is 2. The fourth-order valence-electron chi connectivity index (χ4n) is 2.65. The number of hydrogen-bond acceptors (Lipinski definition) is 6. The topological polar surface area (TPSA) is 89.8 Å². The minimum atomic E-state index is -4.37. The molecule has 0 atom stereocenters. The summed E-state index contributed by atoms with van der Waals surface area (Å²) >= 11 is 13.3. The Kier molecular flexibility index (Phi) is 6.39. The van der Waals surface area contributed by atoms with E-state index in [1.807, 2.05) is 25.1 Å². The number of benzene rings is 2. The van der Waals surface area contributed by atoms with E-state index >= 15 is 0 Å². The predicted molar refractivity (Wildman–Crippen MR) is 116 cm³/mol. The van der Waals surface area contributed by atoms with Crippen LogP contribution >= 0.6 is 42.7 Å². The van der Waals surface area contributed by atoms with Gasteiger partial charge in [0.1, 0.15) is 18.4 Å². The molecular formula is C17H17Cl2N4O3PS. The molecule has 148 valence electrons. The molecule has 11 heteroatoms. The normalized spacial score (nSPS) is 11.6. The Morgan fingerprint density at radius 2 is 1.79 bits per heavy atom. The first-order valence-electron chi connectivity index (χ1n) is 8.01. The standard InChI is InChI=1S/C17H17Cl2N4O3PS/c1-22(2)17-14-4-3-5-15(16(14)20-9-21-17)23(10-27(24,25)26)28-13-7-11(18)6-12(19)8-13/h3-9H,10H2,1-2H3,(H2,24,25,26). The molecule has 0 unspecified atom stereocenters. The number of hydrogen-bond donors (Lipinski definition) is 2. The van der Waals surface area contributed by atoms with E-state index in [0.717, 1.165) is 17.3 Å². The molecule has 3 aromatic rings. The Balaban J connectivity index is 2.13. The maximum atomic E-state index is 11.8. The third-order valence-corrected chi connectivity index (χ3v) is 5.95. The van der Waals surface area contributed by atoms with Crippen molar-refractivity contribution in [2.45, 2.75) is 4.90 Å². The summed E-state index contributed by atoms with van der Waals surface area (Å²) in [5.41, 5.74) is 1.13. The second kappa shape index (κ2) is 8.45. The molecule has 28 heavy (non-hydrogen) atoms. The van der Waals surface area contributed by atoms with Crippen LogP contribution in [0.3, 0.4) is 0 Å². The van der Waals surface area contributed by atoms with Crippen molar-refractivity contribution < 1.29 is 14.4 Å². The largest absolute Gasteiger partial charge is 0.362 e. The van der Waals surface area contributed by atoms with Gasteiger partial charge in [0.25, 0.3) is 0 Å². The molecule has 0 amide bonds. The number of anilines is 2. The summed E-state index contributed by atoms with van der Waals surface area (Å²) in [4.78, 5) is 30.4. The maximum absolute atomic E-state index is 11.8. The fraction of sp³-hybridized carbons (Fsp3) is 0.176. The lowest BCUT2D eigenvalue weighted by molar-refractivity contribution is 0.374. The van der Waals surface area contributed by atoms with Crippen LogP contribution in [0.25, 0.3) is 10.9 Å². The van der Waals surface area contributed by atoms with E-state index in [1.54, 1.807) is 30.3 Å². The SMILES string of the molecule is CN(C)c1ncnc2c(N(CP(=O)(O)O)Sc3cc(Cl)cc(Cl)c3)cccc12. The van der Waals surface area contributed by atoms with Gasteiger partial charge in [-0.05, 0) is 42.3 Å². The van der Waals surface area contributed by atoms with Gasteiger partial charge in [-0.25, -0.2) is 9.97 Å². The average molecular weight is 459 g/mol. The van der Waals surface area contributed by atoms with Gasteiger partial charge >= 0.3 is 7.60 Å². The molecule has 1 aromatic heterocycles. The van der Waals surface area contributed by atoms with Gasteiger partial charge in [0.05, 0.1) is 11.2 Å². The molecule has 0 aliphatic heterocycles. The molecule has 0 radical (unpaired) electrons. The van der Waals surface area contributed by atoms with Crippen molar-refractivity contribution >= 4 is 65.2 Å². The summed E-state index contributed by atoms with van der Waals surface area (Å²) < 4.78 is 13.3. The van der Waals surface area contributed by atoms with Crippen LogP contribution in [-0.4, -0.2) is 40.1 Å². The van der Waals surface area contributed by atoms with Crippen molar-refractivity contribution in [1.29, 1.82) is 0 Å². The van der Waals surface area contributed by atoms with Gasteiger partial charge in [0.15, 0.2) is 0 Å². The van der Waals surface area contributed by atoms with E-state index in [4.69, 9.17) is 23.2 Å². The highest BCUT2D eigenvalue weighted by atomic mass is 35.5. The third-order valence-electron chi connectivity index (χ3n) is 3.68. The first kappa shape index (κ1) is 21.2. The van der Waals surface area contributed by atoms with Crippen LogP contribution in [0.2, 0.25) is 10.0 Å². The Morgan fingerprint density at radius 3 is 2.39 bits per heavy atom. The number of para-hydroxylation sites is 1. The van der Waals surface area contributed by atoms with Crippen LogP contribution in [-0.2, 0) is 4.57 Å². The fourth-order valence-corrected chi connectivity index (χ4v) is 5.33. The molecular weight excluding hydrogens is 442 g/mol. The van der Waals surface area contributed by atoms with Crippen molar-refractivity contribution in [3.05, 3.63) is 52.8 Å². The highest BCUT2D eigenvalue weighted by Gasteiger charge is 2.24. The van der Waals surface area contributed by atoms with Crippen LogP contribution in [0.15, 0.2) is 47.6 Å². The quantitative estimate of drug-likeness (QED) is 0.407. The Morgan fingerprint density at radius 1 is 1.11 bits per heavy atom. The summed E-state index contributed by atoms with van der Waals surface area (Å²) in [6, 6.07) is 10.4. The monoisotopic (exact) mass is 458 g/mol. The van der Waals surface area contributed by atoms with Gasteiger partial charge in [0.2, 0.25) is 0 Å². The molecule has 0 saturated heterocycles. The second-order valence-electron chi connectivity index (χ2n) is 6.15. The number of aromatic nitrogens is 2. The zero-order chi connectivity index (χ0) is 20.5. The molecule has 2 aromatic carbocycles. The van der Waals surface area contributed by atoms with Crippen molar-refractivity contribution in [2.75, 3.05) is 29.6 Å². The Labute approximate surface area is 176 Å². The predicted octanol–water partition coefficient (Wildman–Crippen LogP) is 4.65. The molecule has 0 bridgehead atoms. The molecule has 7 nitrogen and oxygen atoms in total. The lowest BCUT2D eigenvalue weighted by Crippen LogP contribution is -2.17. The van der Waals surface area contributed by atoms with Crippen LogP contribution in [0.5, 0.6) is 0 Å². The van der Waals surface area contributed by atoms with Gasteiger partial charge < -0.3 is 14.7 Å². The summed E-state index contributed by atoms with van der Waals surface area (Å²) in [6.45, 7) is 0. The summed E-state index contributed by atoms with van der Waals surface area (Å²) in [7, 11) is -0.640. The van der Waals surface area contributed by atoms with Crippen LogP contribution < -0.4 is 9.21 Å². The molecule has 0 aliphatic carbocycles. The summed E-state index contributed by atoms with van der Waals surface area (Å²) in [5, 5.41) is 1.63. The second-order valence-corrected chi connectivity index (χ2v) is 9.73. The molecule has 1 heterocycles. The molecule has 0 spiro atoms. The van der Waals surface area contributed by atoms with E-state index in [9.17, 15) is 14.4 Å². The Bertz CT molecular complexity index is 1040. The maximum Gasteiger partial charge on any atom is 0.345 e. The van der Waals surface area contributed by atoms with Gasteiger partial charge in [-0.2, -0.15) is 0 Å². The summed E-state index contributed by atoms with van der Waals surface area (Å²) in [5.74, 6) is 0.707. The highest BCUT2D eigenvalue weighted by molar-refractivity contribution is 8.01. The van der Waals surface area contributed by atoms with Crippen LogP contribution in [0, 0.1) is 0 Å². The van der Waals surface area contributed by atoms with Crippen molar-refractivity contribution in [3.8, 4) is 0 Å². The highest BCUT2D eigenvalue weighted by Crippen LogP contribution is 2.44. The number of nitrogens with zero attached hydrogens (tertiary/aromatic N) is 4. The number of fused-ring (bicyclic) bond motifs is 1. The Hall–Kier alpha value is -1.54. The molecule has 0 fully saturated rings. The first-order chi connectivity index (χ1) is 13.1. The van der Waals surface area contributed by atoms with Crippen molar-refractivity contribution in [2.24, 2.45) is 0 Å². The van der Waals surface area contributed by atoms with Gasteiger partial charge in [-0.3, -0.25) is 8.87 Å². The molecule has 0 aliphatic rings. The van der Waals surface area contributed by atoms with Crippen LogP contribution in [0.4, 0.5) is 11.5 Å². The lowest BCUT2D eigenvalue weighted by Gasteiger charge is -2.25. The summed E-state index contributed by atoms with van der Waals surface area (Å²) in [6.07, 6.45) is 0.917. The van der Waals surface area contributed by atoms with E-state index < -0.39 is 13.9 Å². The third kappa shape index (κ3) is 5.08. The zero-order valence-electron chi connectivity index (χ0n) is 15.0. The van der Waals surface area contributed by atoms with Gasteiger partial charge in [-0.15, -0.1) is 0 Å². The number of rotatable bonds is 6. The molecule has 3 rings (SSSR count). The first-order valence-corrected chi connectivity index (χ1v) is 11.3. The smallest absolute Gasteiger partial charge is 0.345 e. The van der Waals surface area contributed by atoms with Gasteiger partial charge in [-0.1, -0.05) is 29.3 Å². The van der Waals surface area contributed by atoms with Gasteiger partial charge in [0, 0.05) is 34.4 Å². The van der Waals surface area contributed by atoms with E-state index in [-0.39, 0.29) is 0 Å². The van der Waals surface area contributed by atoms with E-state index in [1.165, 1.54) is 10.6 Å². The van der Waals surface area contributed by atoms with E-state index in [0.29, 0.717) is 32.0 Å². The minimum Gasteiger partial charge on any atom is -0.362 e. The molecule has 0 saturated carbocycles. The van der Waals surface area contributed by atoms with Crippen molar-refractivity contribution in [3.63, 3.8) is 0 Å². The average Bonchev–Trinajstić information content (AvgIpc) is 2.58. The molecule has 2 N–H and O–H groups in total. The van der Waals surface area contributed by atoms with Crippen LogP contribution in [0.1, 0.15) is 0 Å². The minimum absolute atomic E-state index is 0.432.